The Morgan fingerprint density at radius 3 is 2.48 bits per heavy atom. The van der Waals surface area contributed by atoms with Gasteiger partial charge in [0.1, 0.15) is 24.0 Å². The number of halogens is 2. The quantitative estimate of drug-likeness (QED) is 0.196. The highest BCUT2D eigenvalue weighted by Gasteiger charge is 2.13. The molecule has 0 aliphatic carbocycles. The summed E-state index contributed by atoms with van der Waals surface area (Å²) in [7, 11) is 0. The smallest absolute Gasteiger partial charge is 0.266 e. The van der Waals surface area contributed by atoms with Crippen molar-refractivity contribution in [2.45, 2.75) is 20.5 Å². The van der Waals surface area contributed by atoms with Gasteiger partial charge < -0.3 is 10.1 Å². The Kier molecular flexibility index (Phi) is 7.88. The first-order valence-corrected chi connectivity index (χ1v) is 11.4. The fourth-order valence-corrected chi connectivity index (χ4v) is 4.76. The van der Waals surface area contributed by atoms with E-state index in [9.17, 15) is 10.1 Å². The Balaban J connectivity index is 1.77. The summed E-state index contributed by atoms with van der Waals surface area (Å²) in [5, 5.41) is 12.3. The number of amides is 1. The van der Waals surface area contributed by atoms with Gasteiger partial charge >= 0.3 is 0 Å². The van der Waals surface area contributed by atoms with Crippen LogP contribution in [-0.2, 0) is 11.4 Å². The number of ether oxygens (including phenoxy) is 1. The van der Waals surface area contributed by atoms with Crippen LogP contribution in [0.3, 0.4) is 0 Å². The second-order valence-electron chi connectivity index (χ2n) is 7.08. The fraction of sp³-hybridized carbons (Fsp3) is 0.120. The minimum atomic E-state index is -0.445. The molecule has 0 aromatic heterocycles. The minimum absolute atomic E-state index is 0.0256. The van der Waals surface area contributed by atoms with Crippen molar-refractivity contribution in [2.24, 2.45) is 0 Å². The van der Waals surface area contributed by atoms with Gasteiger partial charge in [-0.1, -0.05) is 42.0 Å². The minimum Gasteiger partial charge on any atom is -0.487 e. The lowest BCUT2D eigenvalue weighted by Gasteiger charge is -2.12. The summed E-state index contributed by atoms with van der Waals surface area (Å²) in [5.74, 6) is 0.279. The number of hydrogen-bond donors (Lipinski definition) is 1. The largest absolute Gasteiger partial charge is 0.487 e. The summed E-state index contributed by atoms with van der Waals surface area (Å²) in [5.41, 5.74) is 4.71. The number of nitrogens with one attached hydrogen (secondary N) is 1. The molecule has 6 heteroatoms. The Morgan fingerprint density at radius 1 is 1.13 bits per heavy atom. The summed E-state index contributed by atoms with van der Waals surface area (Å²) >= 11 is 5.75. The summed E-state index contributed by atoms with van der Waals surface area (Å²) < 4.78 is 7.65. The van der Waals surface area contributed by atoms with Crippen LogP contribution in [0.15, 0.2) is 70.7 Å². The number of aryl methyl sites for hydroxylation is 2. The predicted octanol–water partition coefficient (Wildman–Crippen LogP) is 6.80. The zero-order valence-corrected chi connectivity index (χ0v) is 20.8. The van der Waals surface area contributed by atoms with Crippen molar-refractivity contribution < 1.29 is 9.53 Å². The van der Waals surface area contributed by atoms with Crippen molar-refractivity contribution in [2.75, 3.05) is 5.32 Å². The molecule has 156 valence electrons. The van der Waals surface area contributed by atoms with Crippen molar-refractivity contribution in [3.8, 4) is 11.8 Å². The molecule has 0 saturated carbocycles. The number of nitriles is 1. The van der Waals surface area contributed by atoms with E-state index < -0.39 is 5.91 Å². The van der Waals surface area contributed by atoms with Crippen LogP contribution in [0.25, 0.3) is 6.08 Å². The van der Waals surface area contributed by atoms with E-state index in [1.807, 2.05) is 68.4 Å². The molecule has 4 nitrogen and oxygen atoms in total. The van der Waals surface area contributed by atoms with E-state index in [4.69, 9.17) is 4.74 Å². The lowest BCUT2D eigenvalue weighted by Crippen LogP contribution is -2.13. The molecule has 0 aliphatic rings. The number of anilines is 1. The van der Waals surface area contributed by atoms with Crippen LogP contribution < -0.4 is 10.1 Å². The fourth-order valence-electron chi connectivity index (χ4n) is 2.99. The molecule has 3 rings (SSSR count). The lowest BCUT2D eigenvalue weighted by molar-refractivity contribution is -0.112. The van der Waals surface area contributed by atoms with Gasteiger partial charge in [0.25, 0.3) is 5.91 Å². The van der Waals surface area contributed by atoms with E-state index in [0.29, 0.717) is 12.3 Å². The third-order valence-electron chi connectivity index (χ3n) is 4.44. The predicted molar refractivity (Wildman–Crippen MR) is 136 cm³/mol. The van der Waals surface area contributed by atoms with E-state index in [1.165, 1.54) is 5.56 Å². The molecule has 3 aromatic carbocycles. The Labute approximate surface area is 204 Å². The first-order valence-electron chi connectivity index (χ1n) is 9.53. The van der Waals surface area contributed by atoms with Gasteiger partial charge in [-0.25, -0.2) is 0 Å². The zero-order valence-electron chi connectivity index (χ0n) is 17.1. The second kappa shape index (κ2) is 10.6. The normalized spacial score (nSPS) is 11.0. The highest BCUT2D eigenvalue weighted by atomic mass is 127. The zero-order chi connectivity index (χ0) is 22.4. The third-order valence-corrected chi connectivity index (χ3v) is 5.83. The number of hydrogen-bond acceptors (Lipinski definition) is 3. The average Bonchev–Trinajstić information content (AvgIpc) is 2.71. The van der Waals surface area contributed by atoms with E-state index in [-0.39, 0.29) is 5.57 Å². The average molecular weight is 587 g/mol. The monoisotopic (exact) mass is 586 g/mol. The third kappa shape index (κ3) is 6.42. The van der Waals surface area contributed by atoms with E-state index in [2.05, 4.69) is 49.9 Å². The molecule has 3 aromatic rings. The van der Waals surface area contributed by atoms with Crippen molar-refractivity contribution >= 4 is 56.2 Å². The van der Waals surface area contributed by atoms with E-state index >= 15 is 0 Å². The Bertz CT molecular complexity index is 1180. The van der Waals surface area contributed by atoms with Crippen molar-refractivity contribution in [3.63, 3.8) is 0 Å². The van der Waals surface area contributed by atoms with Gasteiger partial charge in [-0.3, -0.25) is 4.79 Å². The maximum absolute atomic E-state index is 12.5. The van der Waals surface area contributed by atoms with Crippen LogP contribution in [-0.4, -0.2) is 5.91 Å². The summed E-state index contributed by atoms with van der Waals surface area (Å²) in [6.07, 6.45) is 1.57. The highest BCUT2D eigenvalue weighted by molar-refractivity contribution is 14.1. The Morgan fingerprint density at radius 2 is 1.84 bits per heavy atom. The molecular weight excluding hydrogens is 567 g/mol. The maximum atomic E-state index is 12.5. The van der Waals surface area contributed by atoms with Crippen LogP contribution >= 0.6 is 38.5 Å². The van der Waals surface area contributed by atoms with Crippen LogP contribution in [0.1, 0.15) is 22.3 Å². The number of carbonyl (C=O) groups is 1. The van der Waals surface area contributed by atoms with Crippen LogP contribution in [0, 0.1) is 28.7 Å². The molecule has 0 aliphatic heterocycles. The van der Waals surface area contributed by atoms with Gasteiger partial charge in [-0.2, -0.15) is 5.26 Å². The maximum Gasteiger partial charge on any atom is 0.266 e. The molecule has 0 saturated heterocycles. The van der Waals surface area contributed by atoms with Crippen LogP contribution in [0.4, 0.5) is 5.69 Å². The lowest BCUT2D eigenvalue weighted by atomic mass is 10.1. The number of rotatable bonds is 6. The molecule has 0 unspecified atom stereocenters. The first-order chi connectivity index (χ1) is 14.9. The van der Waals surface area contributed by atoms with Gasteiger partial charge in [-0.15, -0.1) is 0 Å². The van der Waals surface area contributed by atoms with Crippen LogP contribution in [0.5, 0.6) is 5.75 Å². The van der Waals surface area contributed by atoms with E-state index in [0.717, 1.165) is 30.5 Å². The summed E-state index contributed by atoms with van der Waals surface area (Å²) in [6, 6.07) is 21.3. The number of nitrogens with zero attached hydrogens (tertiary/aromatic N) is 1. The molecule has 0 radical (unpaired) electrons. The van der Waals surface area contributed by atoms with Crippen molar-refractivity contribution in [3.05, 3.63) is 96.5 Å². The molecule has 31 heavy (non-hydrogen) atoms. The molecular formula is C25H20BrIN2O2. The van der Waals surface area contributed by atoms with Gasteiger partial charge in [0.05, 0.1) is 8.04 Å². The van der Waals surface area contributed by atoms with E-state index in [1.54, 1.807) is 12.1 Å². The van der Waals surface area contributed by atoms with Gasteiger partial charge in [0.2, 0.25) is 0 Å². The molecule has 0 fully saturated rings. The molecule has 0 spiro atoms. The molecule has 0 heterocycles. The van der Waals surface area contributed by atoms with Gasteiger partial charge in [0.15, 0.2) is 0 Å². The number of benzene rings is 3. The standard InChI is InChI=1S/C25H20BrIN2O2/c1-16-5-3-7-18(9-16)15-31-24-22(26)12-19(13-23(24)27)11-20(14-28)25(30)29-21-8-4-6-17(2)10-21/h3-13H,15H2,1-2H3,(H,29,30)/b20-11-. The molecule has 1 N–H and O–H groups in total. The second-order valence-corrected chi connectivity index (χ2v) is 9.10. The molecule has 0 bridgehead atoms. The first kappa shape index (κ1) is 23.0. The summed E-state index contributed by atoms with van der Waals surface area (Å²) in [4.78, 5) is 12.5. The molecule has 0 atom stereocenters. The van der Waals surface area contributed by atoms with Crippen molar-refractivity contribution in [1.82, 2.24) is 0 Å². The topological polar surface area (TPSA) is 62.1 Å². The van der Waals surface area contributed by atoms with Gasteiger partial charge in [0, 0.05) is 5.69 Å². The Hall–Kier alpha value is -2.63. The van der Waals surface area contributed by atoms with Crippen molar-refractivity contribution in [1.29, 1.82) is 5.26 Å². The highest BCUT2D eigenvalue weighted by Crippen LogP contribution is 2.33. The van der Waals surface area contributed by atoms with Crippen LogP contribution in [0.2, 0.25) is 0 Å². The van der Waals surface area contributed by atoms with Gasteiger partial charge in [-0.05, 0) is 99.4 Å². The SMILES string of the molecule is Cc1cccc(COc2c(Br)cc(/C=C(/C#N)C(=O)Nc3cccc(C)c3)cc2I)c1. The molecule has 1 amide bonds. The summed E-state index contributed by atoms with van der Waals surface area (Å²) in [6.45, 7) is 4.44. The number of carbonyl (C=O) groups excluding carboxylic acids is 1.